The lowest BCUT2D eigenvalue weighted by Gasteiger charge is -2.51. The number of carbonyl (C=O) groups is 2. The summed E-state index contributed by atoms with van der Waals surface area (Å²) in [6.45, 7) is 4.62. The van der Waals surface area contributed by atoms with Gasteiger partial charge in [-0.1, -0.05) is 314 Å². The van der Waals surface area contributed by atoms with Gasteiger partial charge in [0.15, 0.2) is 0 Å². The number of nitrogens with zero attached hydrogens (tertiary/aromatic N) is 3. The van der Waals surface area contributed by atoms with Crippen molar-refractivity contribution in [2.45, 2.75) is 339 Å². The highest BCUT2D eigenvalue weighted by molar-refractivity contribution is 5.95. The molecule has 2 aliphatic rings. The van der Waals surface area contributed by atoms with Crippen molar-refractivity contribution in [1.29, 1.82) is 0 Å². The van der Waals surface area contributed by atoms with E-state index in [2.05, 4.69) is 21.8 Å². The molecule has 2 fully saturated rings. The van der Waals surface area contributed by atoms with Gasteiger partial charge in [-0.3, -0.25) is 9.59 Å². The lowest BCUT2D eigenvalue weighted by molar-refractivity contribution is -0.137. The number of hydrogen-bond acceptors (Lipinski definition) is 7. The normalized spacial score (nSPS) is 21.3. The molecule has 3 aromatic rings. The Kier molecular flexibility index (Phi) is 38.4. The van der Waals surface area contributed by atoms with E-state index in [1.165, 1.54) is 282 Å². The first-order valence-electron chi connectivity index (χ1n) is 35.3. The monoisotopic (exact) mass is 1140 g/mol. The van der Waals surface area contributed by atoms with Crippen molar-refractivity contribution >= 4 is 17.8 Å². The number of anilines is 1. The minimum Gasteiger partial charge on any atom is -0.457 e. The Morgan fingerprint density at radius 1 is 0.458 bits per heavy atom. The summed E-state index contributed by atoms with van der Waals surface area (Å²) in [7, 11) is 0. The molecule has 9 nitrogen and oxygen atoms in total. The van der Waals surface area contributed by atoms with E-state index in [1.54, 1.807) is 12.1 Å². The molecule has 3 N–H and O–H groups in total. The molecule has 1 spiro atoms. The summed E-state index contributed by atoms with van der Waals surface area (Å²) in [6, 6.07) is 16.8. The molecule has 83 heavy (non-hydrogen) atoms. The summed E-state index contributed by atoms with van der Waals surface area (Å²) < 4.78 is 12.2. The maximum Gasteiger partial charge on any atom is 0.255 e. The zero-order valence-electron chi connectivity index (χ0n) is 53.0. The summed E-state index contributed by atoms with van der Waals surface area (Å²) in [5.41, 5.74) is 5.84. The fourth-order valence-electron chi connectivity index (χ4n) is 13.1. The van der Waals surface area contributed by atoms with Crippen molar-refractivity contribution in [3.8, 4) is 23.1 Å². The van der Waals surface area contributed by atoms with Crippen molar-refractivity contribution in [2.24, 2.45) is 5.73 Å². The van der Waals surface area contributed by atoms with Gasteiger partial charge < -0.3 is 25.4 Å². The Hall–Kier alpha value is -4.40. The van der Waals surface area contributed by atoms with E-state index in [0.29, 0.717) is 24.0 Å². The molecular formula is C74H121N5O4. The zero-order valence-corrected chi connectivity index (χ0v) is 53.0. The lowest BCUT2D eigenvalue weighted by Crippen LogP contribution is -2.56. The summed E-state index contributed by atoms with van der Waals surface area (Å²) in [5.74, 6) is 1.73. The molecule has 1 saturated heterocycles. The molecule has 466 valence electrons. The highest BCUT2D eigenvalue weighted by atomic mass is 16.5. The quantitative estimate of drug-likeness (QED) is 0.216. The average Bonchev–Trinajstić information content (AvgIpc) is 3.69. The number of nitrogens with two attached hydrogens (primary N) is 1. The number of benzene rings is 2. The van der Waals surface area contributed by atoms with Crippen LogP contribution in [0.4, 0.5) is 5.95 Å². The van der Waals surface area contributed by atoms with E-state index < -0.39 is 5.91 Å². The van der Waals surface area contributed by atoms with Crippen LogP contribution in [0.1, 0.15) is 338 Å². The van der Waals surface area contributed by atoms with Gasteiger partial charge in [-0.25, -0.2) is 4.98 Å². The van der Waals surface area contributed by atoms with Crippen LogP contribution in [0.5, 0.6) is 23.1 Å². The van der Waals surface area contributed by atoms with Gasteiger partial charge in [-0.2, -0.15) is 4.98 Å². The first kappa shape index (κ1) is 69.4. The fourth-order valence-corrected chi connectivity index (χ4v) is 13.1. The Morgan fingerprint density at radius 2 is 0.795 bits per heavy atom. The van der Waals surface area contributed by atoms with Crippen molar-refractivity contribution in [2.75, 3.05) is 11.9 Å². The van der Waals surface area contributed by atoms with Crippen molar-refractivity contribution < 1.29 is 19.1 Å². The van der Waals surface area contributed by atoms with E-state index in [-0.39, 0.29) is 28.9 Å². The minimum absolute atomic E-state index is 0.00472. The Morgan fingerprint density at radius 3 is 1.14 bits per heavy atom. The van der Waals surface area contributed by atoms with E-state index in [1.807, 2.05) is 42.5 Å². The van der Waals surface area contributed by atoms with Gasteiger partial charge in [0.1, 0.15) is 22.8 Å². The number of hydrogen-bond donors (Lipinski definition) is 2. The predicted molar refractivity (Wildman–Crippen MR) is 351 cm³/mol. The second-order valence-electron chi connectivity index (χ2n) is 25.6. The van der Waals surface area contributed by atoms with Crippen molar-refractivity contribution in [1.82, 2.24) is 14.9 Å². The minimum atomic E-state index is -0.664. The standard InChI is InChI=1S/C74H121N5O4/c1-2-70(80)79-63-59-65(77-73-76-64-69(71(75)81)72(78-73)83-68-57-55-67(56-58-68)82-66-53-48-46-49-54-66)52-47-44-42-40-38-36-34-32-30-28-26-24-22-20-18-16-14-12-10-8-6-4-3-5-7-9-11-13-15-17-19-21-23-25-27-29-31-33-35-37-39-41-43-45-50-60-74(79)61-51-62-74/h2,46,48-49,53-58,64-65H,1,3-45,47,50-52,59-63H2,(H2,75,81)(H,76,77,78). The summed E-state index contributed by atoms with van der Waals surface area (Å²) in [5, 5.41) is 3.64. The van der Waals surface area contributed by atoms with Gasteiger partial charge in [0.05, 0.1) is 0 Å². The predicted octanol–water partition coefficient (Wildman–Crippen LogP) is 22.6. The molecule has 0 bridgehead atoms. The van der Waals surface area contributed by atoms with E-state index in [9.17, 15) is 9.59 Å². The SMILES string of the molecule is C=CC(=O)N1CCC(Nc2ncc(C(N)=O)c(Oc3ccc(Oc4ccccc4)cc3)n2)CCCCCCCCCCCCCCCCCCCCCCCCCCCCCCCCCCCCCCCCCCCCCCCC12CCC2. The molecular weight excluding hydrogens is 1020 g/mol. The molecule has 1 aliphatic heterocycles. The maximum atomic E-state index is 13.8. The van der Waals surface area contributed by atoms with Gasteiger partial charge in [-0.15, -0.1) is 0 Å². The third kappa shape index (κ3) is 31.5. The number of amides is 2. The third-order valence-corrected chi connectivity index (χ3v) is 18.6. The molecule has 1 saturated carbocycles. The van der Waals surface area contributed by atoms with Gasteiger partial charge >= 0.3 is 0 Å². The molecule has 1 aliphatic carbocycles. The Labute approximate surface area is 508 Å². The number of nitrogens with one attached hydrogen (secondary N) is 1. The van der Waals surface area contributed by atoms with Crippen LogP contribution in [0.15, 0.2) is 73.4 Å². The third-order valence-electron chi connectivity index (χ3n) is 18.6. The summed E-state index contributed by atoms with van der Waals surface area (Å²) >= 11 is 0. The van der Waals surface area contributed by atoms with Crippen molar-refractivity contribution in [3.05, 3.63) is 79.0 Å². The van der Waals surface area contributed by atoms with Crippen LogP contribution in [0.25, 0.3) is 0 Å². The number of aromatic nitrogens is 2. The molecule has 1 atom stereocenters. The highest BCUT2D eigenvalue weighted by Crippen LogP contribution is 2.43. The highest BCUT2D eigenvalue weighted by Gasteiger charge is 2.43. The fraction of sp³-hybridized carbons (Fsp3) is 0.730. The second-order valence-corrected chi connectivity index (χ2v) is 25.6. The van der Waals surface area contributed by atoms with E-state index in [0.717, 1.165) is 63.5 Å². The van der Waals surface area contributed by atoms with Crippen LogP contribution >= 0.6 is 0 Å². The number of rotatable bonds is 8. The Bertz CT molecular complexity index is 2080. The smallest absolute Gasteiger partial charge is 0.255 e. The van der Waals surface area contributed by atoms with E-state index >= 15 is 0 Å². The summed E-state index contributed by atoms with van der Waals surface area (Å²) in [4.78, 5) is 38.0. The van der Waals surface area contributed by atoms with Crippen LogP contribution in [-0.4, -0.2) is 44.8 Å². The van der Waals surface area contributed by atoms with Crippen LogP contribution in [-0.2, 0) is 4.79 Å². The van der Waals surface area contributed by atoms with Crippen LogP contribution in [0, 0.1) is 0 Å². The van der Waals surface area contributed by atoms with Gasteiger partial charge in [0.25, 0.3) is 5.91 Å². The molecule has 1 aromatic heterocycles. The molecule has 5 rings (SSSR count). The molecule has 9 heteroatoms. The topological polar surface area (TPSA) is 120 Å². The average molecular weight is 1140 g/mol. The first-order chi connectivity index (χ1) is 41.0. The van der Waals surface area contributed by atoms with Gasteiger partial charge in [-0.05, 0) is 81.0 Å². The van der Waals surface area contributed by atoms with Crippen LogP contribution < -0.4 is 20.5 Å². The van der Waals surface area contributed by atoms with Gasteiger partial charge in [0, 0.05) is 24.3 Å². The first-order valence-corrected chi connectivity index (χ1v) is 35.3. The summed E-state index contributed by atoms with van der Waals surface area (Å²) in [6.07, 6.45) is 71.5. The van der Waals surface area contributed by atoms with Gasteiger partial charge in [0.2, 0.25) is 17.7 Å². The Balaban J connectivity index is 1.09. The van der Waals surface area contributed by atoms with E-state index in [4.69, 9.17) is 20.2 Å². The second kappa shape index (κ2) is 45.9. The maximum absolute atomic E-state index is 13.8. The number of ether oxygens (including phenoxy) is 2. The molecule has 1 unspecified atom stereocenters. The largest absolute Gasteiger partial charge is 0.457 e. The molecule has 2 amide bonds. The lowest BCUT2D eigenvalue weighted by atomic mass is 9.71. The molecule has 0 radical (unpaired) electrons. The zero-order chi connectivity index (χ0) is 58.4. The molecule has 2 aromatic carbocycles. The number of carbonyl (C=O) groups excluding carboxylic acids is 2. The van der Waals surface area contributed by atoms with Crippen LogP contribution in [0.2, 0.25) is 0 Å². The van der Waals surface area contributed by atoms with Crippen molar-refractivity contribution in [3.63, 3.8) is 0 Å². The van der Waals surface area contributed by atoms with Crippen LogP contribution in [0.3, 0.4) is 0 Å². The molecule has 2 heterocycles. The number of primary amides is 1. The number of para-hydroxylation sites is 1.